The summed E-state index contributed by atoms with van der Waals surface area (Å²) in [5, 5.41) is 10.9. The summed E-state index contributed by atoms with van der Waals surface area (Å²) in [6, 6.07) is 28.3. The SMILES string of the molecule is COc1cccc(C(NC(Cc2ccc(-c3ccccc3)cc2)C(=O)O)(c2cccc(OC)c2)P(=O)(O)O)c1. The summed E-state index contributed by atoms with van der Waals surface area (Å²) >= 11 is 0. The third kappa shape index (κ3) is 6.05. The molecule has 8 nitrogen and oxygen atoms in total. The molecule has 4 rings (SSSR count). The molecule has 0 amide bonds. The number of carboxylic acid groups (broad SMARTS) is 1. The fraction of sp³-hybridized carbons (Fsp3) is 0.167. The van der Waals surface area contributed by atoms with E-state index in [1.54, 1.807) is 24.3 Å². The highest BCUT2D eigenvalue weighted by atomic mass is 31.2. The first-order valence-electron chi connectivity index (χ1n) is 12.2. The molecule has 9 heteroatoms. The molecule has 1 unspecified atom stereocenters. The molecule has 0 aliphatic rings. The summed E-state index contributed by atoms with van der Waals surface area (Å²) in [6.07, 6.45) is -0.0277. The molecule has 202 valence electrons. The normalized spacial score (nSPS) is 12.5. The molecular formula is C30H30NO7P. The van der Waals surface area contributed by atoms with Crippen LogP contribution in [0.2, 0.25) is 0 Å². The summed E-state index contributed by atoms with van der Waals surface area (Å²) in [5.41, 5.74) is 2.97. The third-order valence-corrected chi connectivity index (χ3v) is 8.11. The van der Waals surface area contributed by atoms with E-state index in [1.807, 2.05) is 54.6 Å². The van der Waals surface area contributed by atoms with Crippen LogP contribution in [-0.4, -0.2) is 41.1 Å². The van der Waals surface area contributed by atoms with Crippen molar-refractivity contribution in [2.75, 3.05) is 14.2 Å². The zero-order valence-corrected chi connectivity index (χ0v) is 22.4. The second-order valence-corrected chi connectivity index (χ2v) is 10.8. The van der Waals surface area contributed by atoms with Gasteiger partial charge in [0, 0.05) is 0 Å². The summed E-state index contributed by atoms with van der Waals surface area (Å²) < 4.78 is 24.1. The van der Waals surface area contributed by atoms with Gasteiger partial charge in [0.2, 0.25) is 0 Å². The lowest BCUT2D eigenvalue weighted by Crippen LogP contribution is -2.52. The average Bonchev–Trinajstić information content (AvgIpc) is 2.95. The fourth-order valence-corrected chi connectivity index (χ4v) is 5.88. The van der Waals surface area contributed by atoms with Crippen LogP contribution in [0.15, 0.2) is 103 Å². The maximum Gasteiger partial charge on any atom is 0.354 e. The molecule has 0 saturated carbocycles. The van der Waals surface area contributed by atoms with Crippen molar-refractivity contribution in [3.05, 3.63) is 120 Å². The number of rotatable bonds is 11. The van der Waals surface area contributed by atoms with E-state index in [1.165, 1.54) is 38.5 Å². The van der Waals surface area contributed by atoms with Gasteiger partial charge in [-0.25, -0.2) is 0 Å². The maximum absolute atomic E-state index is 13.4. The Morgan fingerprint density at radius 1 is 0.795 bits per heavy atom. The number of benzene rings is 4. The molecule has 0 aromatic heterocycles. The first kappa shape index (κ1) is 28.1. The van der Waals surface area contributed by atoms with E-state index in [9.17, 15) is 24.3 Å². The van der Waals surface area contributed by atoms with Crippen molar-refractivity contribution in [2.24, 2.45) is 0 Å². The Balaban J connectivity index is 1.80. The van der Waals surface area contributed by atoms with Crippen molar-refractivity contribution in [3.63, 3.8) is 0 Å². The molecule has 39 heavy (non-hydrogen) atoms. The lowest BCUT2D eigenvalue weighted by molar-refractivity contribution is -0.139. The molecule has 0 radical (unpaired) electrons. The number of hydrogen-bond acceptors (Lipinski definition) is 5. The number of nitrogens with one attached hydrogen (secondary N) is 1. The number of carboxylic acids is 1. The van der Waals surface area contributed by atoms with Gasteiger partial charge in [0.1, 0.15) is 17.5 Å². The van der Waals surface area contributed by atoms with Gasteiger partial charge in [0.25, 0.3) is 0 Å². The minimum atomic E-state index is -5.14. The second-order valence-electron chi connectivity index (χ2n) is 9.02. The van der Waals surface area contributed by atoms with E-state index in [4.69, 9.17) is 9.47 Å². The van der Waals surface area contributed by atoms with Crippen molar-refractivity contribution in [3.8, 4) is 22.6 Å². The van der Waals surface area contributed by atoms with Crippen molar-refractivity contribution in [2.45, 2.75) is 17.7 Å². The van der Waals surface area contributed by atoms with Gasteiger partial charge < -0.3 is 24.4 Å². The fourth-order valence-electron chi connectivity index (χ4n) is 4.60. The van der Waals surface area contributed by atoms with Crippen LogP contribution in [0.5, 0.6) is 11.5 Å². The predicted octanol–water partition coefficient (Wildman–Crippen LogP) is 5.04. The van der Waals surface area contributed by atoms with Gasteiger partial charge in [-0.15, -0.1) is 0 Å². The standard InChI is InChI=1S/C30H30NO7P/c1-37-26-12-6-10-24(19-26)30(39(34,35)36,25-11-7-13-27(20-25)38-2)31-28(29(32)33)18-21-14-16-23(17-15-21)22-8-4-3-5-9-22/h3-17,19-20,28,31H,18H2,1-2H3,(H,32,33)(H2,34,35,36). The minimum Gasteiger partial charge on any atom is -0.497 e. The van der Waals surface area contributed by atoms with Crippen molar-refractivity contribution in [1.82, 2.24) is 5.32 Å². The van der Waals surface area contributed by atoms with Gasteiger partial charge in [0.15, 0.2) is 5.28 Å². The van der Waals surface area contributed by atoms with E-state index >= 15 is 0 Å². The molecule has 0 aliphatic carbocycles. The number of ether oxygens (including phenoxy) is 2. The van der Waals surface area contributed by atoms with Crippen LogP contribution in [0.4, 0.5) is 0 Å². The van der Waals surface area contributed by atoms with Crippen LogP contribution in [0, 0.1) is 0 Å². The zero-order chi connectivity index (χ0) is 28.0. The van der Waals surface area contributed by atoms with Crippen LogP contribution in [0.1, 0.15) is 16.7 Å². The van der Waals surface area contributed by atoms with Gasteiger partial charge in [-0.1, -0.05) is 78.9 Å². The van der Waals surface area contributed by atoms with Crippen LogP contribution < -0.4 is 14.8 Å². The predicted molar refractivity (Wildman–Crippen MR) is 149 cm³/mol. The molecule has 0 saturated heterocycles. The smallest absolute Gasteiger partial charge is 0.354 e. The summed E-state index contributed by atoms with van der Waals surface area (Å²) in [6.45, 7) is 0. The Morgan fingerprint density at radius 3 is 1.77 bits per heavy atom. The van der Waals surface area contributed by atoms with Gasteiger partial charge in [-0.2, -0.15) is 0 Å². The van der Waals surface area contributed by atoms with Gasteiger partial charge in [0.05, 0.1) is 14.2 Å². The Morgan fingerprint density at radius 2 is 1.31 bits per heavy atom. The number of methoxy groups -OCH3 is 2. The van der Waals surface area contributed by atoms with Crippen LogP contribution in [0.25, 0.3) is 11.1 Å². The molecule has 0 heterocycles. The highest BCUT2D eigenvalue weighted by molar-refractivity contribution is 7.53. The van der Waals surface area contributed by atoms with Crippen molar-refractivity contribution < 1.29 is 33.7 Å². The highest BCUT2D eigenvalue weighted by Crippen LogP contribution is 2.59. The quantitative estimate of drug-likeness (QED) is 0.193. The Kier molecular flexibility index (Phi) is 8.53. The zero-order valence-electron chi connectivity index (χ0n) is 21.5. The van der Waals surface area contributed by atoms with E-state index in [0.29, 0.717) is 17.1 Å². The Bertz CT molecular complexity index is 1420. The summed E-state index contributed by atoms with van der Waals surface area (Å²) in [5.74, 6) is -0.539. The second kappa shape index (κ2) is 11.8. The molecule has 1 atom stereocenters. The molecule has 0 spiro atoms. The lowest BCUT2D eigenvalue weighted by Gasteiger charge is -2.38. The highest BCUT2D eigenvalue weighted by Gasteiger charge is 2.52. The first-order chi connectivity index (χ1) is 18.7. The molecule has 0 fully saturated rings. The maximum atomic E-state index is 13.4. The van der Waals surface area contributed by atoms with E-state index < -0.39 is 24.9 Å². The van der Waals surface area contributed by atoms with Gasteiger partial charge in [-0.3, -0.25) is 14.7 Å². The van der Waals surface area contributed by atoms with Crippen LogP contribution >= 0.6 is 7.60 Å². The summed E-state index contributed by atoms with van der Waals surface area (Å²) in [4.78, 5) is 34.3. The molecule has 4 aromatic rings. The van der Waals surface area contributed by atoms with E-state index in [-0.39, 0.29) is 17.5 Å². The monoisotopic (exact) mass is 547 g/mol. The molecular weight excluding hydrogens is 517 g/mol. The van der Waals surface area contributed by atoms with E-state index in [2.05, 4.69) is 5.32 Å². The molecule has 0 bridgehead atoms. The largest absolute Gasteiger partial charge is 0.497 e. The summed E-state index contributed by atoms with van der Waals surface area (Å²) in [7, 11) is -2.26. The van der Waals surface area contributed by atoms with Crippen molar-refractivity contribution in [1.29, 1.82) is 0 Å². The molecule has 4 N–H and O–H groups in total. The minimum absolute atomic E-state index is 0.0277. The van der Waals surface area contributed by atoms with Crippen molar-refractivity contribution >= 4 is 13.6 Å². The average molecular weight is 548 g/mol. The van der Waals surface area contributed by atoms with Gasteiger partial charge >= 0.3 is 13.6 Å². The van der Waals surface area contributed by atoms with E-state index in [0.717, 1.165) is 11.1 Å². The molecule has 4 aromatic carbocycles. The number of carbonyl (C=O) groups is 1. The van der Waals surface area contributed by atoms with Crippen LogP contribution in [0.3, 0.4) is 0 Å². The third-order valence-electron chi connectivity index (χ3n) is 6.59. The first-order valence-corrected chi connectivity index (χ1v) is 13.8. The van der Waals surface area contributed by atoms with Gasteiger partial charge in [-0.05, 0) is 58.5 Å². The number of aliphatic carboxylic acids is 1. The topological polar surface area (TPSA) is 125 Å². The molecule has 0 aliphatic heterocycles. The van der Waals surface area contributed by atoms with Crippen LogP contribution in [-0.2, 0) is 21.1 Å². The number of hydrogen-bond donors (Lipinski definition) is 4. The Hall–Kier alpha value is -3.94. The lowest BCUT2D eigenvalue weighted by atomic mass is 9.94. The Labute approximate surface area is 227 Å².